The molecular weight excluding hydrogens is 222 g/mol. The molecule has 0 aliphatic carbocycles. The highest BCUT2D eigenvalue weighted by Gasteiger charge is 2.06. The lowest BCUT2D eigenvalue weighted by Gasteiger charge is -2.03. The van der Waals surface area contributed by atoms with Crippen molar-refractivity contribution in [3.8, 4) is 0 Å². The number of thiophene rings is 1. The lowest BCUT2D eigenvalue weighted by atomic mass is 10.3. The minimum absolute atomic E-state index is 0.208. The van der Waals surface area contributed by atoms with E-state index in [9.17, 15) is 4.79 Å². The second-order valence-electron chi connectivity index (χ2n) is 3.21. The van der Waals surface area contributed by atoms with Crippen LogP contribution in [0.2, 0.25) is 0 Å². The highest BCUT2D eigenvalue weighted by Crippen LogP contribution is 2.08. The Morgan fingerprint density at radius 1 is 1.38 bits per heavy atom. The fraction of sp³-hybridized carbons (Fsp3) is 0.0909. The molecule has 3 N–H and O–H groups in total. The van der Waals surface area contributed by atoms with Crippen LogP contribution in [0.25, 0.3) is 0 Å². The van der Waals surface area contributed by atoms with Gasteiger partial charge in [0.2, 0.25) is 0 Å². The number of rotatable bonds is 3. The predicted octanol–water partition coefficient (Wildman–Crippen LogP) is 1.66. The van der Waals surface area contributed by atoms with Crippen LogP contribution in [0.15, 0.2) is 35.7 Å². The van der Waals surface area contributed by atoms with Gasteiger partial charge in [0, 0.05) is 4.88 Å². The monoisotopic (exact) mass is 233 g/mol. The molecule has 0 bridgehead atoms. The lowest BCUT2D eigenvalue weighted by molar-refractivity contribution is 0.0946. The van der Waals surface area contributed by atoms with Crippen LogP contribution >= 0.6 is 11.3 Å². The first-order chi connectivity index (χ1) is 7.75. The maximum atomic E-state index is 11.7. The normalized spacial score (nSPS) is 10.0. The molecule has 0 atom stereocenters. The number of carbonyl (C=O) groups excluding carboxylic acids is 1. The van der Waals surface area contributed by atoms with E-state index >= 15 is 0 Å². The summed E-state index contributed by atoms with van der Waals surface area (Å²) in [5.74, 6) is 0.143. The number of hydrogen-bond donors (Lipinski definition) is 2. The number of carbonyl (C=O) groups is 1. The molecule has 0 aliphatic rings. The Balaban J connectivity index is 1.98. The van der Waals surface area contributed by atoms with Gasteiger partial charge in [0.05, 0.1) is 6.54 Å². The summed E-state index contributed by atoms with van der Waals surface area (Å²) in [7, 11) is 0. The van der Waals surface area contributed by atoms with Crippen molar-refractivity contribution < 1.29 is 4.79 Å². The number of pyridine rings is 1. The minimum atomic E-state index is -0.208. The van der Waals surface area contributed by atoms with Crippen molar-refractivity contribution in [2.45, 2.75) is 6.54 Å². The molecule has 0 saturated carbocycles. The summed E-state index contributed by atoms with van der Waals surface area (Å²) in [5.41, 5.74) is 5.84. The van der Waals surface area contributed by atoms with Crippen molar-refractivity contribution in [3.05, 3.63) is 46.3 Å². The van der Waals surface area contributed by atoms with Crippen molar-refractivity contribution in [2.24, 2.45) is 0 Å². The van der Waals surface area contributed by atoms with E-state index in [0.29, 0.717) is 18.1 Å². The molecule has 5 heteroatoms. The van der Waals surface area contributed by atoms with E-state index in [2.05, 4.69) is 10.3 Å². The molecule has 0 fully saturated rings. The molecule has 16 heavy (non-hydrogen) atoms. The largest absolute Gasteiger partial charge is 0.384 e. The van der Waals surface area contributed by atoms with Gasteiger partial charge in [-0.2, -0.15) is 0 Å². The number of nitrogens with one attached hydrogen (secondary N) is 1. The van der Waals surface area contributed by atoms with E-state index < -0.39 is 0 Å². The zero-order valence-electron chi connectivity index (χ0n) is 8.51. The molecule has 82 valence electrons. The highest BCUT2D eigenvalue weighted by atomic mass is 32.1. The molecule has 1 amide bonds. The van der Waals surface area contributed by atoms with Gasteiger partial charge in [-0.15, -0.1) is 11.3 Å². The van der Waals surface area contributed by atoms with Crippen molar-refractivity contribution in [2.75, 3.05) is 5.73 Å². The van der Waals surface area contributed by atoms with E-state index in [4.69, 9.17) is 5.73 Å². The summed E-state index contributed by atoms with van der Waals surface area (Å²) < 4.78 is 0. The van der Waals surface area contributed by atoms with Gasteiger partial charge in [0.1, 0.15) is 11.5 Å². The average Bonchev–Trinajstić information content (AvgIpc) is 2.78. The zero-order valence-corrected chi connectivity index (χ0v) is 9.33. The second-order valence-corrected chi connectivity index (χ2v) is 4.24. The van der Waals surface area contributed by atoms with Gasteiger partial charge in [-0.25, -0.2) is 4.98 Å². The van der Waals surface area contributed by atoms with Crippen molar-refractivity contribution in [1.82, 2.24) is 10.3 Å². The molecule has 2 aromatic rings. The van der Waals surface area contributed by atoms with Crippen LogP contribution in [0.5, 0.6) is 0 Å². The topological polar surface area (TPSA) is 68.0 Å². The third kappa shape index (κ3) is 2.58. The molecular formula is C11H11N3OS. The first-order valence-electron chi connectivity index (χ1n) is 4.79. The lowest BCUT2D eigenvalue weighted by Crippen LogP contribution is -2.23. The first kappa shape index (κ1) is 10.6. The van der Waals surface area contributed by atoms with Crippen LogP contribution in [0.4, 0.5) is 5.82 Å². The maximum Gasteiger partial charge on any atom is 0.270 e. The third-order valence-electron chi connectivity index (χ3n) is 2.01. The molecule has 2 aromatic heterocycles. The Morgan fingerprint density at radius 2 is 2.25 bits per heavy atom. The molecule has 0 unspecified atom stereocenters. The predicted molar refractivity (Wildman–Crippen MR) is 64.1 cm³/mol. The van der Waals surface area contributed by atoms with Crippen LogP contribution in [0.1, 0.15) is 15.4 Å². The molecule has 2 rings (SSSR count). The fourth-order valence-corrected chi connectivity index (χ4v) is 1.89. The summed E-state index contributed by atoms with van der Waals surface area (Å²) >= 11 is 1.60. The minimum Gasteiger partial charge on any atom is -0.384 e. The Bertz CT molecular complexity index is 482. The van der Waals surface area contributed by atoms with Crippen molar-refractivity contribution >= 4 is 23.1 Å². The Kier molecular flexibility index (Phi) is 3.16. The van der Waals surface area contributed by atoms with Crippen LogP contribution in [-0.2, 0) is 6.54 Å². The maximum absolute atomic E-state index is 11.7. The van der Waals surface area contributed by atoms with E-state index in [1.165, 1.54) is 0 Å². The summed E-state index contributed by atoms with van der Waals surface area (Å²) in [6.07, 6.45) is 0. The fourth-order valence-electron chi connectivity index (χ4n) is 1.25. The Morgan fingerprint density at radius 3 is 2.94 bits per heavy atom. The van der Waals surface area contributed by atoms with Crippen LogP contribution in [0.3, 0.4) is 0 Å². The van der Waals surface area contributed by atoms with Gasteiger partial charge in [-0.05, 0) is 23.6 Å². The number of anilines is 1. The van der Waals surface area contributed by atoms with Crippen LogP contribution < -0.4 is 11.1 Å². The van der Waals surface area contributed by atoms with Crippen molar-refractivity contribution in [3.63, 3.8) is 0 Å². The molecule has 0 radical (unpaired) electrons. The summed E-state index contributed by atoms with van der Waals surface area (Å²) in [4.78, 5) is 16.7. The standard InChI is InChI=1S/C11H11N3OS/c12-10-5-1-4-9(14-10)11(15)13-7-8-3-2-6-16-8/h1-6H,7H2,(H2,12,14)(H,13,15). The Labute approximate surface area is 97.1 Å². The summed E-state index contributed by atoms with van der Waals surface area (Å²) in [6, 6.07) is 8.92. The molecule has 4 nitrogen and oxygen atoms in total. The number of aromatic nitrogens is 1. The summed E-state index contributed by atoms with van der Waals surface area (Å²) in [6.45, 7) is 0.521. The molecule has 0 aliphatic heterocycles. The van der Waals surface area contributed by atoms with Gasteiger partial charge in [-0.3, -0.25) is 4.79 Å². The second kappa shape index (κ2) is 4.76. The molecule has 0 spiro atoms. The van der Waals surface area contributed by atoms with E-state index in [-0.39, 0.29) is 5.91 Å². The average molecular weight is 233 g/mol. The first-order valence-corrected chi connectivity index (χ1v) is 5.67. The van der Waals surface area contributed by atoms with Gasteiger partial charge in [0.15, 0.2) is 0 Å². The number of hydrogen-bond acceptors (Lipinski definition) is 4. The SMILES string of the molecule is Nc1cccc(C(=O)NCc2cccs2)n1. The Hall–Kier alpha value is -1.88. The highest BCUT2D eigenvalue weighted by molar-refractivity contribution is 7.09. The number of nitrogen functional groups attached to an aromatic ring is 1. The number of amides is 1. The van der Waals surface area contributed by atoms with E-state index in [1.54, 1.807) is 29.5 Å². The van der Waals surface area contributed by atoms with Crippen LogP contribution in [0, 0.1) is 0 Å². The van der Waals surface area contributed by atoms with Gasteiger partial charge in [0.25, 0.3) is 5.91 Å². The quantitative estimate of drug-likeness (QED) is 0.847. The number of nitrogens with two attached hydrogens (primary N) is 1. The van der Waals surface area contributed by atoms with E-state index in [1.807, 2.05) is 17.5 Å². The smallest absolute Gasteiger partial charge is 0.270 e. The van der Waals surface area contributed by atoms with Gasteiger partial charge < -0.3 is 11.1 Å². The molecule has 2 heterocycles. The zero-order chi connectivity index (χ0) is 11.4. The van der Waals surface area contributed by atoms with Gasteiger partial charge in [-0.1, -0.05) is 12.1 Å². The third-order valence-corrected chi connectivity index (χ3v) is 2.88. The molecule has 0 aromatic carbocycles. The molecule has 0 saturated heterocycles. The van der Waals surface area contributed by atoms with Crippen molar-refractivity contribution in [1.29, 1.82) is 0 Å². The van der Waals surface area contributed by atoms with Crippen LogP contribution in [-0.4, -0.2) is 10.9 Å². The number of nitrogens with zero attached hydrogens (tertiary/aromatic N) is 1. The summed E-state index contributed by atoms with van der Waals surface area (Å²) in [5, 5.41) is 4.75. The van der Waals surface area contributed by atoms with E-state index in [0.717, 1.165) is 4.88 Å². The van der Waals surface area contributed by atoms with Gasteiger partial charge >= 0.3 is 0 Å².